The van der Waals surface area contributed by atoms with Gasteiger partial charge in [0.25, 0.3) is 0 Å². The molecule has 2 N–H and O–H groups in total. The number of carbonyl (C=O) groups is 1. The van der Waals surface area contributed by atoms with Crippen LogP contribution in [0.2, 0.25) is 0 Å². The lowest BCUT2D eigenvalue weighted by molar-refractivity contribution is -0.162. The smallest absolute Gasteiger partial charge is 0.249 e. The minimum atomic E-state index is -3.57. The van der Waals surface area contributed by atoms with Gasteiger partial charge in [-0.1, -0.05) is 72.8 Å². The van der Waals surface area contributed by atoms with E-state index in [2.05, 4.69) is 4.72 Å². The third-order valence-electron chi connectivity index (χ3n) is 5.55. The molecule has 3 aromatic rings. The largest absolute Gasteiger partial charge is 0.394 e. The van der Waals surface area contributed by atoms with Crippen molar-refractivity contribution in [3.05, 3.63) is 102 Å². The third-order valence-corrected chi connectivity index (χ3v) is 6.81. The Morgan fingerprint density at radius 3 is 2.12 bits per heavy atom. The highest BCUT2D eigenvalue weighted by atomic mass is 32.2. The van der Waals surface area contributed by atoms with Gasteiger partial charge in [0, 0.05) is 12.2 Å². The highest BCUT2D eigenvalue weighted by Crippen LogP contribution is 2.31. The van der Waals surface area contributed by atoms with Crippen LogP contribution in [0.3, 0.4) is 0 Å². The number of aliphatic hydroxyl groups excluding tert-OH is 1. The molecule has 1 fully saturated rings. The van der Waals surface area contributed by atoms with Crippen molar-refractivity contribution in [2.75, 3.05) is 17.9 Å². The van der Waals surface area contributed by atoms with Crippen molar-refractivity contribution >= 4 is 21.6 Å². The molecule has 1 aliphatic heterocycles. The number of benzene rings is 3. The first-order valence-electron chi connectivity index (χ1n) is 10.7. The minimum Gasteiger partial charge on any atom is -0.394 e. The maximum Gasteiger partial charge on any atom is 0.249 e. The van der Waals surface area contributed by atoms with E-state index < -0.39 is 22.2 Å². The molecule has 3 aromatic carbocycles. The quantitative estimate of drug-likeness (QED) is 0.532. The van der Waals surface area contributed by atoms with Crippen molar-refractivity contribution in [1.29, 1.82) is 0 Å². The van der Waals surface area contributed by atoms with Gasteiger partial charge in [-0.25, -0.2) is 8.42 Å². The normalized spacial score (nSPS) is 18.8. The van der Waals surface area contributed by atoms with E-state index in [-0.39, 0.29) is 24.9 Å². The fourth-order valence-corrected chi connectivity index (χ4v) is 5.15. The van der Waals surface area contributed by atoms with Crippen LogP contribution in [0, 0.1) is 0 Å². The van der Waals surface area contributed by atoms with Crippen molar-refractivity contribution in [3.8, 4) is 0 Å². The van der Waals surface area contributed by atoms with E-state index in [4.69, 9.17) is 4.74 Å². The first-order valence-corrected chi connectivity index (χ1v) is 12.3. The Morgan fingerprint density at radius 2 is 1.52 bits per heavy atom. The standard InChI is InChI=1S/C25H26N2O5S/c28-16-23-25(32-17-24(29)27(23)15-19-7-3-1-4-8-19)21-11-13-22(14-12-21)26-33(30,31)18-20-9-5-2-6-10-20/h1-14,23,25-26,28H,15-18H2/t23-,25-/m1/s1. The molecule has 1 amide bonds. The van der Waals surface area contributed by atoms with Gasteiger partial charge in [-0.2, -0.15) is 0 Å². The first-order chi connectivity index (χ1) is 15.9. The second kappa shape index (κ2) is 10.2. The number of ether oxygens (including phenoxy) is 1. The summed E-state index contributed by atoms with van der Waals surface area (Å²) in [5, 5.41) is 10.1. The van der Waals surface area contributed by atoms with Gasteiger partial charge in [-0.05, 0) is 28.8 Å². The van der Waals surface area contributed by atoms with Crippen molar-refractivity contribution in [2.24, 2.45) is 0 Å². The summed E-state index contributed by atoms with van der Waals surface area (Å²) in [6.45, 7) is 0.0380. The predicted octanol–water partition coefficient (Wildman–Crippen LogP) is 3.09. The highest BCUT2D eigenvalue weighted by Gasteiger charge is 2.37. The monoisotopic (exact) mass is 466 g/mol. The molecule has 7 nitrogen and oxygen atoms in total. The summed E-state index contributed by atoms with van der Waals surface area (Å²) < 4.78 is 33.4. The van der Waals surface area contributed by atoms with E-state index in [1.165, 1.54) is 0 Å². The van der Waals surface area contributed by atoms with Gasteiger partial charge in [0.05, 0.1) is 18.4 Å². The Bertz CT molecular complexity index is 1170. The van der Waals surface area contributed by atoms with Crippen molar-refractivity contribution < 1.29 is 23.1 Å². The minimum absolute atomic E-state index is 0.0839. The highest BCUT2D eigenvalue weighted by molar-refractivity contribution is 7.91. The van der Waals surface area contributed by atoms with E-state index >= 15 is 0 Å². The van der Waals surface area contributed by atoms with Crippen LogP contribution in [-0.2, 0) is 31.9 Å². The fraction of sp³-hybridized carbons (Fsp3) is 0.240. The molecule has 33 heavy (non-hydrogen) atoms. The molecule has 172 valence electrons. The van der Waals surface area contributed by atoms with Gasteiger partial charge in [0.1, 0.15) is 12.7 Å². The number of hydrogen-bond donors (Lipinski definition) is 2. The van der Waals surface area contributed by atoms with Crippen LogP contribution in [0.4, 0.5) is 5.69 Å². The Balaban J connectivity index is 1.47. The number of amides is 1. The van der Waals surface area contributed by atoms with Crippen LogP contribution in [-0.4, -0.2) is 43.6 Å². The first kappa shape index (κ1) is 23.0. The number of rotatable bonds is 8. The molecule has 0 saturated carbocycles. The molecule has 0 bridgehead atoms. The van der Waals surface area contributed by atoms with E-state index in [0.717, 1.165) is 11.1 Å². The molecule has 1 saturated heterocycles. The molecular formula is C25H26N2O5S. The topological polar surface area (TPSA) is 95.9 Å². The van der Waals surface area contributed by atoms with Crippen LogP contribution in [0.15, 0.2) is 84.9 Å². The number of anilines is 1. The van der Waals surface area contributed by atoms with Gasteiger partial charge < -0.3 is 14.7 Å². The lowest BCUT2D eigenvalue weighted by atomic mass is 9.98. The number of nitrogens with zero attached hydrogens (tertiary/aromatic N) is 1. The number of carbonyl (C=O) groups excluding carboxylic acids is 1. The second-order valence-electron chi connectivity index (χ2n) is 7.96. The maximum atomic E-state index is 12.5. The Morgan fingerprint density at radius 1 is 0.909 bits per heavy atom. The second-order valence-corrected chi connectivity index (χ2v) is 9.68. The molecule has 1 aliphatic rings. The molecule has 0 aromatic heterocycles. The van der Waals surface area contributed by atoms with Gasteiger partial charge >= 0.3 is 0 Å². The number of aliphatic hydroxyl groups is 1. The Hall–Kier alpha value is -3.20. The van der Waals surface area contributed by atoms with Crippen LogP contribution in [0.5, 0.6) is 0 Å². The number of nitrogens with one attached hydrogen (secondary N) is 1. The van der Waals surface area contributed by atoms with Crippen molar-refractivity contribution in [3.63, 3.8) is 0 Å². The summed E-state index contributed by atoms with van der Waals surface area (Å²) in [5.74, 6) is -0.302. The summed E-state index contributed by atoms with van der Waals surface area (Å²) in [7, 11) is -3.57. The van der Waals surface area contributed by atoms with Gasteiger partial charge in [-0.15, -0.1) is 0 Å². The van der Waals surface area contributed by atoms with Crippen LogP contribution in [0.25, 0.3) is 0 Å². The van der Waals surface area contributed by atoms with Crippen molar-refractivity contribution in [1.82, 2.24) is 4.90 Å². The van der Waals surface area contributed by atoms with E-state index in [9.17, 15) is 18.3 Å². The zero-order valence-corrected chi connectivity index (χ0v) is 18.8. The van der Waals surface area contributed by atoms with Gasteiger partial charge in [-0.3, -0.25) is 9.52 Å². The summed E-state index contributed by atoms with van der Waals surface area (Å²) in [6.07, 6.45) is -0.522. The Labute approximate surface area is 193 Å². The summed E-state index contributed by atoms with van der Waals surface area (Å²) in [6, 6.07) is 24.8. The average Bonchev–Trinajstić information content (AvgIpc) is 2.81. The van der Waals surface area contributed by atoms with E-state index in [1.54, 1.807) is 53.4 Å². The molecule has 0 aliphatic carbocycles. The fourth-order valence-electron chi connectivity index (χ4n) is 3.95. The summed E-state index contributed by atoms with van der Waals surface area (Å²) >= 11 is 0. The van der Waals surface area contributed by atoms with Gasteiger partial charge in [0.2, 0.25) is 15.9 Å². The number of sulfonamides is 1. The van der Waals surface area contributed by atoms with Crippen LogP contribution in [0.1, 0.15) is 22.8 Å². The van der Waals surface area contributed by atoms with Crippen LogP contribution >= 0.6 is 0 Å². The van der Waals surface area contributed by atoms with Crippen molar-refractivity contribution in [2.45, 2.75) is 24.4 Å². The third kappa shape index (κ3) is 5.78. The Kier molecular flexibility index (Phi) is 7.08. The zero-order chi connectivity index (χ0) is 23.3. The molecule has 0 unspecified atom stereocenters. The molecular weight excluding hydrogens is 440 g/mol. The SMILES string of the molecule is O=C1CO[C@H](c2ccc(NS(=O)(=O)Cc3ccccc3)cc2)[C@@H](CO)N1Cc1ccccc1. The zero-order valence-electron chi connectivity index (χ0n) is 18.0. The lowest BCUT2D eigenvalue weighted by Gasteiger charge is -2.40. The van der Waals surface area contributed by atoms with E-state index in [0.29, 0.717) is 17.8 Å². The summed E-state index contributed by atoms with van der Waals surface area (Å²) in [4.78, 5) is 14.2. The molecule has 1 heterocycles. The summed E-state index contributed by atoms with van der Waals surface area (Å²) in [5.41, 5.74) is 2.85. The molecule has 0 spiro atoms. The average molecular weight is 467 g/mol. The molecule has 8 heteroatoms. The molecule has 2 atom stereocenters. The maximum absolute atomic E-state index is 12.5. The van der Waals surface area contributed by atoms with Gasteiger partial charge in [0.15, 0.2) is 0 Å². The number of morpholine rings is 1. The molecule has 0 radical (unpaired) electrons. The lowest BCUT2D eigenvalue weighted by Crippen LogP contribution is -2.52. The van der Waals surface area contributed by atoms with E-state index in [1.807, 2.05) is 36.4 Å². The predicted molar refractivity (Wildman–Crippen MR) is 126 cm³/mol. The van der Waals surface area contributed by atoms with Crippen LogP contribution < -0.4 is 4.72 Å². The molecule has 4 rings (SSSR count). The number of hydrogen-bond acceptors (Lipinski definition) is 5.